The van der Waals surface area contributed by atoms with Gasteiger partial charge >= 0.3 is 6.09 Å². The quantitative estimate of drug-likeness (QED) is 0.698. The Balaban J connectivity index is 1.57. The molecule has 4 rings (SSSR count). The van der Waals surface area contributed by atoms with Crippen LogP contribution < -0.4 is 4.74 Å². The minimum atomic E-state index is -0.724. The van der Waals surface area contributed by atoms with E-state index in [0.29, 0.717) is 12.0 Å². The van der Waals surface area contributed by atoms with E-state index in [4.69, 9.17) is 9.47 Å². The van der Waals surface area contributed by atoms with Crippen molar-refractivity contribution in [3.8, 4) is 5.75 Å². The molecule has 0 N–H and O–H groups in total. The van der Waals surface area contributed by atoms with Crippen LogP contribution in [-0.4, -0.2) is 30.2 Å². The van der Waals surface area contributed by atoms with E-state index in [0.717, 1.165) is 36.5 Å². The predicted molar refractivity (Wildman–Crippen MR) is 105 cm³/mol. The summed E-state index contributed by atoms with van der Waals surface area (Å²) in [6, 6.07) is 11.4. The summed E-state index contributed by atoms with van der Waals surface area (Å²) < 4.78 is 38.7. The first kappa shape index (κ1) is 19.4. The largest absolute Gasteiger partial charge is 0.493 e. The molecule has 152 valence electrons. The van der Waals surface area contributed by atoms with Gasteiger partial charge in [0, 0.05) is 17.7 Å². The van der Waals surface area contributed by atoms with Gasteiger partial charge in [-0.2, -0.15) is 0 Å². The summed E-state index contributed by atoms with van der Waals surface area (Å²) in [4.78, 5) is 14.6. The van der Waals surface area contributed by atoms with E-state index >= 15 is 0 Å². The highest BCUT2D eigenvalue weighted by atomic mass is 19.1. The second-order valence-electron chi connectivity index (χ2n) is 7.46. The number of nitrogens with zero attached hydrogens (tertiary/aromatic N) is 1. The van der Waals surface area contributed by atoms with Crippen molar-refractivity contribution >= 4 is 11.7 Å². The summed E-state index contributed by atoms with van der Waals surface area (Å²) in [6.45, 7) is 0.217. The maximum absolute atomic E-state index is 14.1. The average molecular weight is 399 g/mol. The zero-order valence-electron chi connectivity index (χ0n) is 16.2. The summed E-state index contributed by atoms with van der Waals surface area (Å²) in [5.74, 6) is -1.33. The molecule has 0 aromatic heterocycles. The summed E-state index contributed by atoms with van der Waals surface area (Å²) in [5.41, 5.74) is 2.15. The van der Waals surface area contributed by atoms with Crippen LogP contribution in [0.2, 0.25) is 0 Å². The average Bonchev–Trinajstić information content (AvgIpc) is 2.71. The topological polar surface area (TPSA) is 38.8 Å². The molecular weight excluding hydrogens is 376 g/mol. The summed E-state index contributed by atoms with van der Waals surface area (Å²) in [6.07, 6.45) is 4.70. The molecule has 1 fully saturated rings. The summed E-state index contributed by atoms with van der Waals surface area (Å²) in [5, 5.41) is 0. The van der Waals surface area contributed by atoms with Crippen LogP contribution in [0.3, 0.4) is 0 Å². The SMILES string of the molecule is COc1c(F)cc(F)cc1C1=CC2CCCC(C1)N2C(=O)OCc1ccccc1. The van der Waals surface area contributed by atoms with Crippen LogP contribution in [0.4, 0.5) is 13.6 Å². The van der Waals surface area contributed by atoms with Crippen LogP contribution >= 0.6 is 0 Å². The van der Waals surface area contributed by atoms with Crippen LogP contribution in [0.1, 0.15) is 36.8 Å². The third-order valence-corrected chi connectivity index (χ3v) is 5.61. The number of hydrogen-bond donors (Lipinski definition) is 0. The Labute approximate surface area is 168 Å². The molecule has 0 aliphatic carbocycles. The van der Waals surface area contributed by atoms with Crippen molar-refractivity contribution in [3.63, 3.8) is 0 Å². The van der Waals surface area contributed by atoms with E-state index in [2.05, 4.69) is 0 Å². The molecule has 1 saturated heterocycles. The first-order chi connectivity index (χ1) is 14.1. The molecule has 2 aromatic rings. The van der Waals surface area contributed by atoms with Crippen LogP contribution in [0.5, 0.6) is 5.75 Å². The molecule has 2 aliphatic rings. The molecule has 1 amide bonds. The van der Waals surface area contributed by atoms with Gasteiger partial charge in [0.15, 0.2) is 11.6 Å². The van der Waals surface area contributed by atoms with Crippen molar-refractivity contribution in [1.82, 2.24) is 4.90 Å². The van der Waals surface area contributed by atoms with Gasteiger partial charge in [-0.3, -0.25) is 4.90 Å². The smallest absolute Gasteiger partial charge is 0.410 e. The molecule has 0 saturated carbocycles. The molecule has 2 aliphatic heterocycles. The van der Waals surface area contributed by atoms with E-state index in [-0.39, 0.29) is 30.5 Å². The Morgan fingerprint density at radius 3 is 2.69 bits per heavy atom. The minimum absolute atomic E-state index is 0.0378. The zero-order valence-corrected chi connectivity index (χ0v) is 16.2. The second kappa shape index (κ2) is 8.23. The Morgan fingerprint density at radius 2 is 1.97 bits per heavy atom. The van der Waals surface area contributed by atoms with Crippen LogP contribution in [0.25, 0.3) is 5.57 Å². The molecule has 0 radical (unpaired) electrons. The number of amides is 1. The fourth-order valence-corrected chi connectivity index (χ4v) is 4.31. The predicted octanol–water partition coefficient (Wildman–Crippen LogP) is 5.32. The molecule has 2 unspecified atom stereocenters. The number of ether oxygens (including phenoxy) is 2. The number of carbonyl (C=O) groups excluding carboxylic acids is 1. The van der Waals surface area contributed by atoms with E-state index in [1.807, 2.05) is 36.4 Å². The summed E-state index contributed by atoms with van der Waals surface area (Å²) in [7, 11) is 1.37. The van der Waals surface area contributed by atoms with Gasteiger partial charge < -0.3 is 9.47 Å². The minimum Gasteiger partial charge on any atom is -0.493 e. The fraction of sp³-hybridized carbons (Fsp3) is 0.348. The van der Waals surface area contributed by atoms with E-state index in [9.17, 15) is 13.6 Å². The number of fused-ring (bicyclic) bond motifs is 2. The first-order valence-corrected chi connectivity index (χ1v) is 9.80. The number of halogens is 2. The third kappa shape index (κ3) is 3.97. The van der Waals surface area contributed by atoms with Gasteiger partial charge in [-0.05, 0) is 42.9 Å². The Kier molecular flexibility index (Phi) is 5.51. The Morgan fingerprint density at radius 1 is 1.17 bits per heavy atom. The number of piperidine rings is 1. The van der Waals surface area contributed by atoms with Crippen LogP contribution in [-0.2, 0) is 11.3 Å². The number of carbonyl (C=O) groups is 1. The van der Waals surface area contributed by atoms with Crippen LogP contribution in [0, 0.1) is 11.6 Å². The van der Waals surface area contributed by atoms with Crippen LogP contribution in [0.15, 0.2) is 48.5 Å². The lowest BCUT2D eigenvalue weighted by Gasteiger charge is -2.44. The number of hydrogen-bond acceptors (Lipinski definition) is 3. The second-order valence-corrected chi connectivity index (χ2v) is 7.46. The maximum atomic E-state index is 14.1. The van der Waals surface area contributed by atoms with Crippen molar-refractivity contribution < 1.29 is 23.0 Å². The molecular formula is C23H23F2NO3. The molecule has 6 heteroatoms. The molecule has 2 heterocycles. The fourth-order valence-electron chi connectivity index (χ4n) is 4.31. The molecule has 0 spiro atoms. The number of rotatable bonds is 4. The lowest BCUT2D eigenvalue weighted by molar-refractivity contribution is 0.0510. The van der Waals surface area contributed by atoms with Gasteiger partial charge in [-0.25, -0.2) is 13.6 Å². The molecule has 2 atom stereocenters. The zero-order chi connectivity index (χ0) is 20.4. The van der Waals surface area contributed by atoms with Crippen molar-refractivity contribution in [2.45, 2.75) is 44.4 Å². The van der Waals surface area contributed by atoms with Gasteiger partial charge in [0.25, 0.3) is 0 Å². The lowest BCUT2D eigenvalue weighted by atomic mass is 9.83. The van der Waals surface area contributed by atoms with Crippen molar-refractivity contribution in [2.75, 3.05) is 7.11 Å². The first-order valence-electron chi connectivity index (χ1n) is 9.80. The van der Waals surface area contributed by atoms with Gasteiger partial charge in [0.2, 0.25) is 0 Å². The lowest BCUT2D eigenvalue weighted by Crippen LogP contribution is -2.51. The molecule has 2 aromatic carbocycles. The molecule has 29 heavy (non-hydrogen) atoms. The van der Waals surface area contributed by atoms with Gasteiger partial charge in [0.1, 0.15) is 12.4 Å². The van der Waals surface area contributed by atoms with Crippen molar-refractivity contribution in [2.24, 2.45) is 0 Å². The standard InChI is InChI=1S/C23H23F2NO3/c1-28-22-20(12-17(24)13-21(22)25)16-10-18-8-5-9-19(11-16)26(18)23(27)29-14-15-6-3-2-4-7-15/h2-4,6-7,10,12-13,18-19H,5,8-9,11,14H2,1H3. The number of benzene rings is 2. The third-order valence-electron chi connectivity index (χ3n) is 5.61. The normalized spacial score (nSPS) is 20.8. The highest BCUT2D eigenvalue weighted by molar-refractivity contribution is 5.76. The monoisotopic (exact) mass is 399 g/mol. The highest BCUT2D eigenvalue weighted by Crippen LogP contribution is 2.41. The Hall–Kier alpha value is -2.89. The summed E-state index contributed by atoms with van der Waals surface area (Å²) >= 11 is 0. The maximum Gasteiger partial charge on any atom is 0.410 e. The van der Waals surface area contributed by atoms with Crippen molar-refractivity contribution in [3.05, 3.63) is 71.3 Å². The molecule has 2 bridgehead atoms. The molecule has 4 nitrogen and oxygen atoms in total. The highest BCUT2D eigenvalue weighted by Gasteiger charge is 2.39. The number of methoxy groups -OCH3 is 1. The van der Waals surface area contributed by atoms with Crippen molar-refractivity contribution in [1.29, 1.82) is 0 Å². The van der Waals surface area contributed by atoms with E-state index < -0.39 is 11.6 Å². The van der Waals surface area contributed by atoms with Gasteiger partial charge in [-0.1, -0.05) is 36.4 Å². The Bertz CT molecular complexity index is 929. The van der Waals surface area contributed by atoms with E-state index in [1.54, 1.807) is 4.90 Å². The van der Waals surface area contributed by atoms with Gasteiger partial charge in [-0.15, -0.1) is 0 Å². The van der Waals surface area contributed by atoms with Gasteiger partial charge in [0.05, 0.1) is 13.2 Å². The van der Waals surface area contributed by atoms with E-state index in [1.165, 1.54) is 13.2 Å².